The van der Waals surface area contributed by atoms with Crippen LogP contribution in [0.25, 0.3) is 0 Å². The van der Waals surface area contributed by atoms with Gasteiger partial charge >= 0.3 is 0 Å². The summed E-state index contributed by atoms with van der Waals surface area (Å²) in [5.41, 5.74) is 0. The van der Waals surface area contributed by atoms with Gasteiger partial charge in [0.2, 0.25) is 10.0 Å². The third-order valence-electron chi connectivity index (χ3n) is 1.96. The van der Waals surface area contributed by atoms with Gasteiger partial charge in [-0.3, -0.25) is 0 Å². The fraction of sp³-hybridized carbons (Fsp3) is 1.00. The molecule has 0 aromatic heterocycles. The van der Waals surface area contributed by atoms with Gasteiger partial charge in [0.15, 0.2) is 0 Å². The molecule has 0 aromatic rings. The van der Waals surface area contributed by atoms with Crippen LogP contribution in [0.4, 0.5) is 0 Å². The molecule has 1 fully saturated rings. The first kappa shape index (κ1) is 8.96. The zero-order valence-corrected chi connectivity index (χ0v) is 7.30. The summed E-state index contributed by atoms with van der Waals surface area (Å²) < 4.78 is 26.8. The number of ether oxygens (including phenoxy) is 1. The van der Waals surface area contributed by atoms with E-state index in [0.29, 0.717) is 6.42 Å². The lowest BCUT2D eigenvalue weighted by atomic mass is 10.2. The Morgan fingerprint density at radius 2 is 2.27 bits per heavy atom. The predicted molar refractivity (Wildman–Crippen MR) is 41.5 cm³/mol. The van der Waals surface area contributed by atoms with E-state index in [4.69, 9.17) is 9.88 Å². The normalized spacial score (nSPS) is 32.5. The van der Waals surface area contributed by atoms with Crippen LogP contribution in [0, 0.1) is 0 Å². The van der Waals surface area contributed by atoms with E-state index in [2.05, 4.69) is 0 Å². The van der Waals surface area contributed by atoms with Crippen molar-refractivity contribution in [2.24, 2.45) is 5.14 Å². The highest BCUT2D eigenvalue weighted by molar-refractivity contribution is 7.89. The van der Waals surface area contributed by atoms with E-state index in [1.807, 2.05) is 6.92 Å². The number of rotatable bonds is 2. The lowest BCUT2D eigenvalue weighted by molar-refractivity contribution is 0.108. The van der Waals surface area contributed by atoms with Gasteiger partial charge in [0.1, 0.15) is 5.25 Å². The van der Waals surface area contributed by atoms with Gasteiger partial charge in [0.05, 0.1) is 12.7 Å². The van der Waals surface area contributed by atoms with Crippen molar-refractivity contribution in [1.29, 1.82) is 0 Å². The molecule has 0 spiro atoms. The summed E-state index contributed by atoms with van der Waals surface area (Å²) >= 11 is 0. The second kappa shape index (κ2) is 3.08. The maximum absolute atomic E-state index is 10.8. The Bertz CT molecular complexity index is 224. The van der Waals surface area contributed by atoms with Gasteiger partial charge in [0, 0.05) is 0 Å². The second-order valence-corrected chi connectivity index (χ2v) is 4.66. The maximum atomic E-state index is 10.8. The zero-order valence-electron chi connectivity index (χ0n) is 6.49. The number of sulfonamides is 1. The fourth-order valence-electron chi connectivity index (χ4n) is 1.19. The minimum absolute atomic E-state index is 0.0818. The van der Waals surface area contributed by atoms with Gasteiger partial charge in [0.25, 0.3) is 0 Å². The summed E-state index contributed by atoms with van der Waals surface area (Å²) in [5.74, 6) is 0. The number of primary sulfonamides is 1. The minimum atomic E-state index is -3.37. The van der Waals surface area contributed by atoms with E-state index in [1.54, 1.807) is 0 Å². The molecular formula is C6H13NO3S. The first-order valence-corrected chi connectivity index (χ1v) is 5.28. The fourth-order valence-corrected chi connectivity index (χ4v) is 1.94. The molecule has 11 heavy (non-hydrogen) atoms. The Kier molecular flexibility index (Phi) is 2.51. The molecule has 4 nitrogen and oxygen atoms in total. The van der Waals surface area contributed by atoms with Gasteiger partial charge in [-0.25, -0.2) is 13.6 Å². The van der Waals surface area contributed by atoms with Crippen LogP contribution in [0.5, 0.6) is 0 Å². The SMILES string of the molecule is CCC1CC(S(N)(=O)=O)CO1. The molecule has 5 heteroatoms. The van der Waals surface area contributed by atoms with Crippen LogP contribution in [0.3, 0.4) is 0 Å². The quantitative estimate of drug-likeness (QED) is 0.640. The summed E-state index contributed by atoms with van der Waals surface area (Å²) in [7, 11) is -3.37. The monoisotopic (exact) mass is 179 g/mol. The molecule has 0 amide bonds. The molecule has 1 saturated heterocycles. The molecule has 0 saturated carbocycles. The highest BCUT2D eigenvalue weighted by atomic mass is 32.2. The zero-order chi connectivity index (χ0) is 8.48. The molecule has 1 rings (SSSR count). The van der Waals surface area contributed by atoms with Crippen LogP contribution >= 0.6 is 0 Å². The standard InChI is InChI=1S/C6H13NO3S/c1-2-5-3-6(4-10-5)11(7,8)9/h5-6H,2-4H2,1H3,(H2,7,8,9). The smallest absolute Gasteiger partial charge is 0.214 e. The Labute approximate surface area is 66.8 Å². The van der Waals surface area contributed by atoms with Crippen LogP contribution in [-0.4, -0.2) is 26.4 Å². The van der Waals surface area contributed by atoms with Crippen molar-refractivity contribution in [3.63, 3.8) is 0 Å². The predicted octanol–water partition coefficient (Wildman–Crippen LogP) is -0.158. The highest BCUT2D eigenvalue weighted by Crippen LogP contribution is 2.19. The average molecular weight is 179 g/mol. The van der Waals surface area contributed by atoms with E-state index in [1.165, 1.54) is 0 Å². The first-order chi connectivity index (χ1) is 5.04. The first-order valence-electron chi connectivity index (χ1n) is 3.67. The van der Waals surface area contributed by atoms with Gasteiger partial charge in [-0.15, -0.1) is 0 Å². The van der Waals surface area contributed by atoms with Crippen molar-refractivity contribution in [1.82, 2.24) is 0 Å². The van der Waals surface area contributed by atoms with Crippen LogP contribution in [0.15, 0.2) is 0 Å². The second-order valence-electron chi connectivity index (χ2n) is 2.81. The van der Waals surface area contributed by atoms with E-state index >= 15 is 0 Å². The molecule has 1 aliphatic rings. The highest BCUT2D eigenvalue weighted by Gasteiger charge is 2.31. The summed E-state index contributed by atoms with van der Waals surface area (Å²) in [4.78, 5) is 0. The molecule has 2 unspecified atom stereocenters. The number of nitrogens with two attached hydrogens (primary N) is 1. The van der Waals surface area contributed by atoms with Crippen molar-refractivity contribution in [3.05, 3.63) is 0 Å². The van der Waals surface area contributed by atoms with Crippen molar-refractivity contribution in [2.75, 3.05) is 6.61 Å². The van der Waals surface area contributed by atoms with Crippen molar-refractivity contribution in [3.8, 4) is 0 Å². The van der Waals surface area contributed by atoms with Crippen molar-refractivity contribution < 1.29 is 13.2 Å². The van der Waals surface area contributed by atoms with E-state index < -0.39 is 15.3 Å². The van der Waals surface area contributed by atoms with Gasteiger partial charge in [-0.2, -0.15) is 0 Å². The maximum Gasteiger partial charge on any atom is 0.214 e. The van der Waals surface area contributed by atoms with Crippen LogP contribution in [0.1, 0.15) is 19.8 Å². The molecule has 0 aromatic carbocycles. The van der Waals surface area contributed by atoms with Crippen LogP contribution < -0.4 is 5.14 Å². The summed E-state index contributed by atoms with van der Waals surface area (Å²) in [5, 5.41) is 4.47. The third kappa shape index (κ3) is 2.15. The Balaban J connectivity index is 2.55. The van der Waals surface area contributed by atoms with Crippen LogP contribution in [0.2, 0.25) is 0 Å². The lowest BCUT2D eigenvalue weighted by Gasteiger charge is -2.03. The van der Waals surface area contributed by atoms with Gasteiger partial charge in [-0.1, -0.05) is 6.92 Å². The van der Waals surface area contributed by atoms with E-state index in [-0.39, 0.29) is 12.7 Å². The van der Waals surface area contributed by atoms with Crippen molar-refractivity contribution >= 4 is 10.0 Å². The van der Waals surface area contributed by atoms with Crippen molar-refractivity contribution in [2.45, 2.75) is 31.1 Å². The molecule has 0 radical (unpaired) electrons. The van der Waals surface area contributed by atoms with Gasteiger partial charge < -0.3 is 4.74 Å². The molecule has 2 atom stereocenters. The summed E-state index contributed by atoms with van der Waals surface area (Å²) in [6, 6.07) is 0. The average Bonchev–Trinajstić information content (AvgIpc) is 2.32. The summed E-state index contributed by atoms with van der Waals surface area (Å²) in [6.45, 7) is 2.23. The van der Waals surface area contributed by atoms with Gasteiger partial charge in [-0.05, 0) is 12.8 Å². The number of hydrogen-bond acceptors (Lipinski definition) is 3. The number of hydrogen-bond donors (Lipinski definition) is 1. The lowest BCUT2D eigenvalue weighted by Crippen LogP contribution is -2.28. The Morgan fingerprint density at radius 1 is 1.64 bits per heavy atom. The molecule has 66 valence electrons. The topological polar surface area (TPSA) is 69.4 Å². The van der Waals surface area contributed by atoms with Crippen LogP contribution in [-0.2, 0) is 14.8 Å². The molecule has 1 heterocycles. The Hall–Kier alpha value is -0.130. The molecule has 0 aliphatic carbocycles. The molecular weight excluding hydrogens is 166 g/mol. The molecule has 1 aliphatic heterocycles. The largest absolute Gasteiger partial charge is 0.377 e. The summed E-state index contributed by atoms with van der Waals surface area (Å²) in [6.07, 6.45) is 1.49. The minimum Gasteiger partial charge on any atom is -0.377 e. The Morgan fingerprint density at radius 3 is 2.55 bits per heavy atom. The molecule has 2 N–H and O–H groups in total. The van der Waals surface area contributed by atoms with E-state index in [0.717, 1.165) is 6.42 Å². The van der Waals surface area contributed by atoms with E-state index in [9.17, 15) is 8.42 Å². The molecule has 0 bridgehead atoms. The third-order valence-corrected chi connectivity index (χ3v) is 3.22.